The number of rotatable bonds is 2. The third-order valence-electron chi connectivity index (χ3n) is 3.73. The summed E-state index contributed by atoms with van der Waals surface area (Å²) >= 11 is 12.4. The first-order valence-electron chi connectivity index (χ1n) is 6.33. The predicted octanol–water partition coefficient (Wildman–Crippen LogP) is 4.63. The highest BCUT2D eigenvalue weighted by Crippen LogP contribution is 2.36. The summed E-state index contributed by atoms with van der Waals surface area (Å²) in [7, 11) is 2.05. The van der Waals surface area contributed by atoms with Crippen LogP contribution in [0.4, 0.5) is 0 Å². The van der Waals surface area contributed by atoms with E-state index in [9.17, 15) is 0 Å². The first kappa shape index (κ1) is 13.2. The lowest BCUT2D eigenvalue weighted by molar-refractivity contribution is 0.471. The van der Waals surface area contributed by atoms with Crippen molar-refractivity contribution in [1.82, 2.24) is 5.32 Å². The van der Waals surface area contributed by atoms with Gasteiger partial charge in [0.1, 0.15) is 0 Å². The summed E-state index contributed by atoms with van der Waals surface area (Å²) in [4.78, 5) is 0. The lowest BCUT2D eigenvalue weighted by atomic mass is 9.90. The molecule has 0 aliphatic heterocycles. The van der Waals surface area contributed by atoms with E-state index >= 15 is 0 Å². The van der Waals surface area contributed by atoms with Gasteiger partial charge < -0.3 is 5.32 Å². The summed E-state index contributed by atoms with van der Waals surface area (Å²) in [5, 5.41) is 5.05. The van der Waals surface area contributed by atoms with Gasteiger partial charge in [0, 0.05) is 16.1 Å². The Bertz CT molecular complexity index is 378. The molecule has 1 aliphatic carbocycles. The van der Waals surface area contributed by atoms with Crippen LogP contribution in [0.1, 0.15) is 43.6 Å². The topological polar surface area (TPSA) is 12.0 Å². The summed E-state index contributed by atoms with van der Waals surface area (Å²) < 4.78 is 0. The molecule has 17 heavy (non-hydrogen) atoms. The van der Waals surface area contributed by atoms with Gasteiger partial charge in [-0.25, -0.2) is 0 Å². The second kappa shape index (κ2) is 6.08. The monoisotopic (exact) mass is 271 g/mol. The van der Waals surface area contributed by atoms with E-state index in [1.807, 2.05) is 25.2 Å². The Hall–Kier alpha value is -0.240. The highest BCUT2D eigenvalue weighted by atomic mass is 35.5. The largest absolute Gasteiger partial charge is 0.317 e. The van der Waals surface area contributed by atoms with Crippen molar-refractivity contribution in [1.29, 1.82) is 0 Å². The van der Waals surface area contributed by atoms with Gasteiger partial charge in [0.05, 0.1) is 0 Å². The van der Waals surface area contributed by atoms with Gasteiger partial charge in [-0.2, -0.15) is 0 Å². The standard InChI is InChI=1S/C14H19Cl2N/c1-17-12-5-3-2-4-10(8-12)13-9-11(15)6-7-14(13)16/h6-7,9-10,12,17H,2-5,8H2,1H3. The first-order valence-corrected chi connectivity index (χ1v) is 7.08. The Balaban J connectivity index is 2.21. The number of hydrogen-bond donors (Lipinski definition) is 1. The highest BCUT2D eigenvalue weighted by Gasteiger charge is 2.22. The van der Waals surface area contributed by atoms with Gasteiger partial charge in [0.2, 0.25) is 0 Å². The van der Waals surface area contributed by atoms with Crippen LogP contribution >= 0.6 is 23.2 Å². The zero-order valence-corrected chi connectivity index (χ0v) is 11.7. The number of nitrogens with one attached hydrogen (secondary N) is 1. The van der Waals surface area contributed by atoms with E-state index in [4.69, 9.17) is 23.2 Å². The summed E-state index contributed by atoms with van der Waals surface area (Å²) in [6.07, 6.45) is 6.24. The van der Waals surface area contributed by atoms with Crippen molar-refractivity contribution in [3.05, 3.63) is 33.8 Å². The fraction of sp³-hybridized carbons (Fsp3) is 0.571. The molecule has 1 aliphatic rings. The van der Waals surface area contributed by atoms with Gasteiger partial charge in [-0.15, -0.1) is 0 Å². The normalized spacial score (nSPS) is 25.6. The third-order valence-corrected chi connectivity index (χ3v) is 4.31. The molecule has 0 heterocycles. The Morgan fingerprint density at radius 1 is 1.18 bits per heavy atom. The van der Waals surface area contributed by atoms with E-state index in [0.717, 1.165) is 16.5 Å². The summed E-state index contributed by atoms with van der Waals surface area (Å²) in [5.41, 5.74) is 1.22. The molecule has 1 saturated carbocycles. The number of benzene rings is 1. The second-order valence-electron chi connectivity index (χ2n) is 4.87. The van der Waals surface area contributed by atoms with E-state index < -0.39 is 0 Å². The maximum Gasteiger partial charge on any atom is 0.0441 e. The highest BCUT2D eigenvalue weighted by molar-refractivity contribution is 6.33. The third kappa shape index (κ3) is 3.37. The van der Waals surface area contributed by atoms with Crippen molar-refractivity contribution < 1.29 is 0 Å². The molecule has 1 N–H and O–H groups in total. The molecule has 0 saturated heterocycles. The van der Waals surface area contributed by atoms with Crippen LogP contribution in [0.3, 0.4) is 0 Å². The minimum Gasteiger partial charge on any atom is -0.317 e. The minimum atomic E-state index is 0.543. The maximum atomic E-state index is 6.29. The number of hydrogen-bond acceptors (Lipinski definition) is 1. The smallest absolute Gasteiger partial charge is 0.0441 e. The van der Waals surface area contributed by atoms with Gasteiger partial charge in [-0.3, -0.25) is 0 Å². The molecule has 1 nitrogen and oxygen atoms in total. The SMILES string of the molecule is CNC1CCCCC(c2cc(Cl)ccc2Cl)C1. The molecule has 2 unspecified atom stereocenters. The summed E-state index contributed by atoms with van der Waals surface area (Å²) in [6, 6.07) is 6.42. The van der Waals surface area contributed by atoms with Gasteiger partial charge in [-0.05, 0) is 56.0 Å². The molecule has 1 aromatic carbocycles. The van der Waals surface area contributed by atoms with Crippen molar-refractivity contribution in [3.63, 3.8) is 0 Å². The molecular weight excluding hydrogens is 253 g/mol. The molecule has 2 atom stereocenters. The minimum absolute atomic E-state index is 0.543. The van der Waals surface area contributed by atoms with Crippen LogP contribution in [0.25, 0.3) is 0 Å². The average Bonchev–Trinajstić information content (AvgIpc) is 2.57. The van der Waals surface area contributed by atoms with E-state index in [0.29, 0.717) is 12.0 Å². The molecule has 94 valence electrons. The van der Waals surface area contributed by atoms with Crippen molar-refractivity contribution in [3.8, 4) is 0 Å². The molecule has 1 aromatic rings. The molecule has 0 spiro atoms. The molecule has 0 radical (unpaired) electrons. The lowest BCUT2D eigenvalue weighted by Gasteiger charge is -2.21. The van der Waals surface area contributed by atoms with Crippen molar-refractivity contribution in [2.24, 2.45) is 0 Å². The molecule has 0 amide bonds. The molecule has 1 fully saturated rings. The Labute approximate surface area is 114 Å². The Kier molecular flexibility index (Phi) is 4.72. The fourth-order valence-electron chi connectivity index (χ4n) is 2.73. The predicted molar refractivity (Wildman–Crippen MR) is 75.1 cm³/mol. The van der Waals surface area contributed by atoms with Crippen LogP contribution in [-0.4, -0.2) is 13.1 Å². The Morgan fingerprint density at radius 3 is 2.71 bits per heavy atom. The van der Waals surface area contributed by atoms with Crippen LogP contribution in [0.5, 0.6) is 0 Å². The second-order valence-corrected chi connectivity index (χ2v) is 5.71. The van der Waals surface area contributed by atoms with Gasteiger partial charge in [0.15, 0.2) is 0 Å². The average molecular weight is 272 g/mol. The van der Waals surface area contributed by atoms with Crippen molar-refractivity contribution in [2.75, 3.05) is 7.05 Å². The van der Waals surface area contributed by atoms with E-state index in [1.54, 1.807) is 0 Å². The first-order chi connectivity index (χ1) is 8.20. The molecule has 0 aromatic heterocycles. The summed E-state index contributed by atoms with van der Waals surface area (Å²) in [5.74, 6) is 0.543. The van der Waals surface area contributed by atoms with Crippen molar-refractivity contribution >= 4 is 23.2 Å². The molecule has 2 rings (SSSR count). The van der Waals surface area contributed by atoms with Crippen LogP contribution in [-0.2, 0) is 0 Å². The van der Waals surface area contributed by atoms with E-state index in [1.165, 1.54) is 31.2 Å². The van der Waals surface area contributed by atoms with Crippen molar-refractivity contribution in [2.45, 2.75) is 44.1 Å². The zero-order valence-electron chi connectivity index (χ0n) is 10.2. The van der Waals surface area contributed by atoms with Gasteiger partial charge in [0.25, 0.3) is 0 Å². The summed E-state index contributed by atoms with van der Waals surface area (Å²) in [6.45, 7) is 0. The van der Waals surface area contributed by atoms with E-state index in [2.05, 4.69) is 5.32 Å². The number of halogens is 2. The lowest BCUT2D eigenvalue weighted by Crippen LogP contribution is -2.25. The Morgan fingerprint density at radius 2 is 1.94 bits per heavy atom. The van der Waals surface area contributed by atoms with E-state index in [-0.39, 0.29) is 0 Å². The zero-order chi connectivity index (χ0) is 12.3. The van der Waals surface area contributed by atoms with Crippen LogP contribution in [0.15, 0.2) is 18.2 Å². The van der Waals surface area contributed by atoms with Crippen LogP contribution in [0, 0.1) is 0 Å². The fourth-order valence-corrected chi connectivity index (χ4v) is 3.19. The maximum absolute atomic E-state index is 6.29. The van der Waals surface area contributed by atoms with Gasteiger partial charge >= 0.3 is 0 Å². The van der Waals surface area contributed by atoms with Crippen LogP contribution < -0.4 is 5.32 Å². The molecule has 0 bridgehead atoms. The molecule has 3 heteroatoms. The van der Waals surface area contributed by atoms with Crippen LogP contribution in [0.2, 0.25) is 10.0 Å². The van der Waals surface area contributed by atoms with Gasteiger partial charge in [-0.1, -0.05) is 36.0 Å². The molecular formula is C14H19Cl2N. The quantitative estimate of drug-likeness (QED) is 0.774.